The number of aliphatic hydroxyl groups excluding tert-OH is 1. The number of rotatable bonds is 4. The summed E-state index contributed by atoms with van der Waals surface area (Å²) in [5.41, 5.74) is 0. The van der Waals surface area contributed by atoms with Gasteiger partial charge in [0.15, 0.2) is 0 Å². The number of aliphatic hydroxyl groups is 1. The zero-order valence-corrected chi connectivity index (χ0v) is 14.1. The Kier molecular flexibility index (Phi) is 4.44. The van der Waals surface area contributed by atoms with Crippen molar-refractivity contribution in [3.05, 3.63) is 24.0 Å². The van der Waals surface area contributed by atoms with Crippen molar-refractivity contribution in [2.75, 3.05) is 18.0 Å². The van der Waals surface area contributed by atoms with E-state index in [9.17, 15) is 5.11 Å². The smallest absolute Gasteiger partial charge is 0.205 e. The Labute approximate surface area is 135 Å². The van der Waals surface area contributed by atoms with Gasteiger partial charge in [-0.25, -0.2) is 9.97 Å². The summed E-state index contributed by atoms with van der Waals surface area (Å²) >= 11 is 1.46. The lowest BCUT2D eigenvalue weighted by molar-refractivity contribution is 0.0875. The molecule has 2 aromatic heterocycles. The molecule has 0 radical (unpaired) electrons. The van der Waals surface area contributed by atoms with Crippen LogP contribution in [0.3, 0.4) is 0 Å². The Morgan fingerprint density at radius 3 is 2.86 bits per heavy atom. The number of aryl methyl sites for hydroxylation is 1. The second kappa shape index (κ2) is 6.34. The molecule has 1 saturated heterocycles. The van der Waals surface area contributed by atoms with Gasteiger partial charge in [-0.05, 0) is 12.8 Å². The Morgan fingerprint density at radius 1 is 1.41 bits per heavy atom. The molecule has 2 aromatic rings. The van der Waals surface area contributed by atoms with Crippen molar-refractivity contribution in [3.8, 4) is 0 Å². The van der Waals surface area contributed by atoms with Crippen molar-refractivity contribution in [1.29, 1.82) is 0 Å². The van der Waals surface area contributed by atoms with E-state index in [1.54, 1.807) is 6.20 Å². The first kappa shape index (κ1) is 15.4. The lowest BCUT2D eigenvalue weighted by Gasteiger charge is -2.34. The van der Waals surface area contributed by atoms with E-state index < -0.39 is 6.10 Å². The van der Waals surface area contributed by atoms with Gasteiger partial charge in [0, 0.05) is 55.9 Å². The summed E-state index contributed by atoms with van der Waals surface area (Å²) in [7, 11) is 1.92. The average molecular weight is 321 g/mol. The van der Waals surface area contributed by atoms with Gasteiger partial charge >= 0.3 is 0 Å². The second-order valence-corrected chi connectivity index (χ2v) is 7.01. The van der Waals surface area contributed by atoms with E-state index in [0.717, 1.165) is 42.7 Å². The Bertz CT molecular complexity index is 623. The summed E-state index contributed by atoms with van der Waals surface area (Å²) in [5, 5.41) is 11.6. The summed E-state index contributed by atoms with van der Waals surface area (Å²) in [6, 6.07) is 0. The summed E-state index contributed by atoms with van der Waals surface area (Å²) in [6.45, 7) is 6.00. The molecule has 1 aliphatic heterocycles. The first-order chi connectivity index (χ1) is 10.6. The SMILES string of the molecule is CC(C)c1nsc(N2CCCC(C(O)c3nccn3C)C2)n1. The van der Waals surface area contributed by atoms with Crippen molar-refractivity contribution in [3.63, 3.8) is 0 Å². The predicted octanol–water partition coefficient (Wildman–Crippen LogP) is 2.35. The molecule has 0 bridgehead atoms. The van der Waals surface area contributed by atoms with Gasteiger partial charge in [-0.1, -0.05) is 13.8 Å². The van der Waals surface area contributed by atoms with E-state index >= 15 is 0 Å². The van der Waals surface area contributed by atoms with Crippen molar-refractivity contribution >= 4 is 16.7 Å². The van der Waals surface area contributed by atoms with Crippen LogP contribution in [0.25, 0.3) is 0 Å². The summed E-state index contributed by atoms with van der Waals surface area (Å²) in [4.78, 5) is 11.2. The number of anilines is 1. The minimum atomic E-state index is -0.528. The summed E-state index contributed by atoms with van der Waals surface area (Å²) in [5.74, 6) is 2.18. The number of hydrogen-bond donors (Lipinski definition) is 1. The maximum Gasteiger partial charge on any atom is 0.205 e. The van der Waals surface area contributed by atoms with Gasteiger partial charge in [-0.2, -0.15) is 4.37 Å². The largest absolute Gasteiger partial charge is 0.385 e. The van der Waals surface area contributed by atoms with Crippen LogP contribution in [-0.4, -0.2) is 37.1 Å². The van der Waals surface area contributed by atoms with Crippen LogP contribution in [0, 0.1) is 5.92 Å². The van der Waals surface area contributed by atoms with E-state index in [4.69, 9.17) is 0 Å². The molecule has 6 nitrogen and oxygen atoms in total. The quantitative estimate of drug-likeness (QED) is 0.936. The van der Waals surface area contributed by atoms with E-state index in [2.05, 4.69) is 33.1 Å². The Hall–Kier alpha value is -1.47. The highest BCUT2D eigenvalue weighted by Gasteiger charge is 2.30. The molecule has 3 rings (SSSR count). The van der Waals surface area contributed by atoms with Gasteiger partial charge in [0.25, 0.3) is 0 Å². The van der Waals surface area contributed by atoms with Crippen LogP contribution >= 0.6 is 11.5 Å². The minimum absolute atomic E-state index is 0.182. The third-order valence-electron chi connectivity index (χ3n) is 4.25. The molecule has 22 heavy (non-hydrogen) atoms. The molecule has 120 valence electrons. The standard InChI is InChI=1S/C15H23N5OS/c1-10(2)13-17-15(22-18-13)20-7-4-5-11(9-20)12(21)14-16-6-8-19(14)3/h6,8,10-12,21H,4-5,7,9H2,1-3H3. The fraction of sp³-hybridized carbons (Fsp3) is 0.667. The van der Waals surface area contributed by atoms with Crippen LogP contribution < -0.4 is 4.90 Å². The molecule has 1 N–H and O–H groups in total. The molecular formula is C15H23N5OS. The number of piperidine rings is 1. The molecule has 0 spiro atoms. The molecule has 2 unspecified atom stereocenters. The van der Waals surface area contributed by atoms with Crippen LogP contribution in [0.5, 0.6) is 0 Å². The predicted molar refractivity (Wildman–Crippen MR) is 87.1 cm³/mol. The highest BCUT2D eigenvalue weighted by atomic mass is 32.1. The van der Waals surface area contributed by atoms with Gasteiger partial charge < -0.3 is 14.6 Å². The summed E-state index contributed by atoms with van der Waals surface area (Å²) < 4.78 is 6.33. The first-order valence-corrected chi connectivity index (χ1v) is 8.57. The number of hydrogen-bond acceptors (Lipinski definition) is 6. The van der Waals surface area contributed by atoms with Crippen LogP contribution in [-0.2, 0) is 7.05 Å². The molecular weight excluding hydrogens is 298 g/mol. The third-order valence-corrected chi connectivity index (χ3v) is 5.04. The maximum atomic E-state index is 10.6. The monoisotopic (exact) mass is 321 g/mol. The normalized spacial score (nSPS) is 20.6. The minimum Gasteiger partial charge on any atom is -0.385 e. The van der Waals surface area contributed by atoms with Gasteiger partial charge in [0.05, 0.1) is 0 Å². The van der Waals surface area contributed by atoms with E-state index in [-0.39, 0.29) is 5.92 Å². The highest BCUT2D eigenvalue weighted by Crippen LogP contribution is 2.32. The fourth-order valence-electron chi connectivity index (χ4n) is 2.90. The van der Waals surface area contributed by atoms with Gasteiger partial charge in [-0.3, -0.25) is 0 Å². The van der Waals surface area contributed by atoms with Crippen molar-refractivity contribution in [2.24, 2.45) is 13.0 Å². The molecule has 7 heteroatoms. The average Bonchev–Trinajstić information content (AvgIpc) is 3.15. The van der Waals surface area contributed by atoms with Crippen LogP contribution in [0.1, 0.15) is 50.4 Å². The lowest BCUT2D eigenvalue weighted by atomic mass is 9.92. The van der Waals surface area contributed by atoms with E-state index in [1.165, 1.54) is 11.5 Å². The van der Waals surface area contributed by atoms with Gasteiger partial charge in [-0.15, -0.1) is 0 Å². The van der Waals surface area contributed by atoms with Gasteiger partial charge in [0.2, 0.25) is 5.13 Å². The molecule has 0 amide bonds. The molecule has 0 aliphatic carbocycles. The zero-order valence-electron chi connectivity index (χ0n) is 13.3. The van der Waals surface area contributed by atoms with E-state index in [0.29, 0.717) is 5.92 Å². The van der Waals surface area contributed by atoms with Crippen LogP contribution in [0.15, 0.2) is 12.4 Å². The number of nitrogens with zero attached hydrogens (tertiary/aromatic N) is 5. The molecule has 3 heterocycles. The molecule has 0 saturated carbocycles. The molecule has 1 fully saturated rings. The van der Waals surface area contributed by atoms with Crippen molar-refractivity contribution in [2.45, 2.75) is 38.7 Å². The van der Waals surface area contributed by atoms with Gasteiger partial charge in [0.1, 0.15) is 17.8 Å². The van der Waals surface area contributed by atoms with Crippen LogP contribution in [0.2, 0.25) is 0 Å². The fourth-order valence-corrected chi connectivity index (χ4v) is 3.75. The van der Waals surface area contributed by atoms with E-state index in [1.807, 2.05) is 17.8 Å². The number of imidazole rings is 1. The van der Waals surface area contributed by atoms with Crippen molar-refractivity contribution < 1.29 is 5.11 Å². The molecule has 0 aromatic carbocycles. The third kappa shape index (κ3) is 3.01. The molecule has 2 atom stereocenters. The maximum absolute atomic E-state index is 10.6. The Morgan fingerprint density at radius 2 is 2.23 bits per heavy atom. The van der Waals surface area contributed by atoms with Crippen molar-refractivity contribution in [1.82, 2.24) is 18.9 Å². The lowest BCUT2D eigenvalue weighted by Crippen LogP contribution is -2.38. The van der Waals surface area contributed by atoms with Crippen LogP contribution in [0.4, 0.5) is 5.13 Å². The first-order valence-electron chi connectivity index (χ1n) is 7.80. The Balaban J connectivity index is 1.72. The second-order valence-electron chi connectivity index (χ2n) is 6.28. The molecule has 1 aliphatic rings. The zero-order chi connectivity index (χ0) is 15.7. The summed E-state index contributed by atoms with van der Waals surface area (Å²) in [6.07, 6.45) is 5.15. The number of aromatic nitrogens is 4. The highest BCUT2D eigenvalue weighted by molar-refractivity contribution is 7.09. The topological polar surface area (TPSA) is 67.1 Å².